The van der Waals surface area contributed by atoms with Gasteiger partial charge in [-0.1, -0.05) is 11.6 Å². The summed E-state index contributed by atoms with van der Waals surface area (Å²) < 4.78 is 0. The van der Waals surface area contributed by atoms with Crippen molar-refractivity contribution in [2.45, 2.75) is 51.9 Å². The minimum absolute atomic E-state index is 0.167. The van der Waals surface area contributed by atoms with Crippen molar-refractivity contribution in [1.29, 1.82) is 0 Å². The van der Waals surface area contributed by atoms with Crippen LogP contribution in [0, 0.1) is 6.92 Å². The molecule has 8 nitrogen and oxygen atoms in total. The number of benzene rings is 1. The molecule has 1 saturated heterocycles. The molecule has 2 amide bonds. The van der Waals surface area contributed by atoms with Gasteiger partial charge in [0.25, 0.3) is 11.8 Å². The number of rotatable bonds is 5. The van der Waals surface area contributed by atoms with E-state index in [0.717, 1.165) is 41.7 Å². The number of hydrogen-bond donors (Lipinski definition) is 4. The second kappa shape index (κ2) is 8.89. The Hall–Kier alpha value is -2.75. The normalized spacial score (nSPS) is 20.8. The number of nitrogens with zero attached hydrogens (tertiary/aromatic N) is 2. The Morgan fingerprint density at radius 1 is 1.15 bits per heavy atom. The molecule has 3 aromatic rings. The predicted molar refractivity (Wildman–Crippen MR) is 130 cm³/mol. The van der Waals surface area contributed by atoms with Gasteiger partial charge in [-0.25, -0.2) is 4.98 Å². The first-order chi connectivity index (χ1) is 15.9. The minimum atomic E-state index is -0.194. The lowest BCUT2D eigenvalue weighted by Gasteiger charge is -2.29. The molecule has 9 heteroatoms. The van der Waals surface area contributed by atoms with Crippen LogP contribution in [0.3, 0.4) is 0 Å². The van der Waals surface area contributed by atoms with E-state index in [1.54, 1.807) is 0 Å². The Kier molecular flexibility index (Phi) is 5.94. The van der Waals surface area contributed by atoms with Gasteiger partial charge in [-0.3, -0.25) is 14.5 Å². The highest BCUT2D eigenvalue weighted by atomic mass is 32.1. The van der Waals surface area contributed by atoms with Crippen LogP contribution in [0.5, 0.6) is 0 Å². The quantitative estimate of drug-likeness (QED) is 0.462. The molecule has 2 atom stereocenters. The summed E-state index contributed by atoms with van der Waals surface area (Å²) in [6.07, 6.45) is 0.880. The van der Waals surface area contributed by atoms with Crippen LogP contribution in [0.2, 0.25) is 0 Å². The molecule has 174 valence electrons. The number of fused-ring (bicyclic) bond motifs is 2. The molecule has 2 aliphatic heterocycles. The molecule has 0 radical (unpaired) electrons. The molecule has 2 aliphatic rings. The maximum Gasteiger partial charge on any atom is 0.280 e. The van der Waals surface area contributed by atoms with E-state index in [2.05, 4.69) is 50.7 Å². The average molecular weight is 467 g/mol. The maximum atomic E-state index is 13.0. The van der Waals surface area contributed by atoms with Gasteiger partial charge in [-0.2, -0.15) is 0 Å². The van der Waals surface area contributed by atoms with Crippen molar-refractivity contribution in [1.82, 2.24) is 30.8 Å². The predicted octanol–water partition coefficient (Wildman–Crippen LogP) is 2.20. The molecular weight excluding hydrogens is 436 g/mol. The largest absolute Gasteiger partial charge is 0.351 e. The van der Waals surface area contributed by atoms with Crippen LogP contribution in [0.1, 0.15) is 50.3 Å². The van der Waals surface area contributed by atoms with Crippen LogP contribution < -0.4 is 16.0 Å². The van der Waals surface area contributed by atoms with E-state index in [1.807, 2.05) is 25.1 Å². The van der Waals surface area contributed by atoms with E-state index >= 15 is 0 Å². The van der Waals surface area contributed by atoms with Gasteiger partial charge in [-0.15, -0.1) is 11.3 Å². The Bertz CT molecular complexity index is 1200. The zero-order chi connectivity index (χ0) is 23.1. The van der Waals surface area contributed by atoms with Crippen molar-refractivity contribution in [3.8, 4) is 0 Å². The fraction of sp³-hybridized carbons (Fsp3) is 0.458. The van der Waals surface area contributed by atoms with Crippen LogP contribution in [-0.2, 0) is 13.0 Å². The van der Waals surface area contributed by atoms with Crippen molar-refractivity contribution in [3.05, 3.63) is 51.1 Å². The number of carbonyl (C=O) groups excluding carboxylic acids is 2. The number of H-pyrrole nitrogens is 1. The van der Waals surface area contributed by atoms with Crippen LogP contribution in [0.25, 0.3) is 10.9 Å². The van der Waals surface area contributed by atoms with Crippen molar-refractivity contribution >= 4 is 34.1 Å². The van der Waals surface area contributed by atoms with Crippen LogP contribution in [0.4, 0.5) is 0 Å². The highest BCUT2D eigenvalue weighted by Gasteiger charge is 2.32. The van der Waals surface area contributed by atoms with E-state index in [0.29, 0.717) is 29.8 Å². The standard InChI is InChI=1S/C24H30N6O2S/c1-13(2)30-7-6-17-21(12-30)33-24(29-17)23(32)28-20-11-25-10-19(20)27-22(31)18-9-15-8-14(3)4-5-16(15)26-18/h4-5,8-9,13,19-20,25-26H,6-7,10-12H2,1-3H3,(H,27,31)(H,28,32)/t19-,20-/m1/s1. The van der Waals surface area contributed by atoms with Crippen LogP contribution >= 0.6 is 11.3 Å². The number of hydrogen-bond acceptors (Lipinski definition) is 6. The van der Waals surface area contributed by atoms with Crippen molar-refractivity contribution < 1.29 is 9.59 Å². The number of thiazole rings is 1. The number of aromatic nitrogens is 2. The Morgan fingerprint density at radius 2 is 1.91 bits per heavy atom. The summed E-state index contributed by atoms with van der Waals surface area (Å²) in [5.74, 6) is -0.338. The summed E-state index contributed by atoms with van der Waals surface area (Å²) in [6.45, 7) is 9.45. The molecule has 33 heavy (non-hydrogen) atoms. The lowest BCUT2D eigenvalue weighted by molar-refractivity contribution is 0.0894. The SMILES string of the molecule is Cc1ccc2[nH]c(C(=O)N[C@@H]3CNC[C@H]3NC(=O)c3nc4c(s3)CN(C(C)C)CC4)cc2c1. The molecule has 4 heterocycles. The summed E-state index contributed by atoms with van der Waals surface area (Å²) in [7, 11) is 0. The van der Waals surface area contributed by atoms with Gasteiger partial charge in [0, 0.05) is 54.4 Å². The van der Waals surface area contributed by atoms with Crippen molar-refractivity contribution in [3.63, 3.8) is 0 Å². The van der Waals surface area contributed by atoms with Gasteiger partial charge in [0.1, 0.15) is 5.69 Å². The molecule has 0 unspecified atom stereocenters. The van der Waals surface area contributed by atoms with Crippen LogP contribution in [-0.4, -0.2) is 64.4 Å². The molecule has 0 spiro atoms. The molecule has 0 bridgehead atoms. The van der Waals surface area contributed by atoms with Gasteiger partial charge in [-0.05, 0) is 39.0 Å². The third-order valence-electron chi connectivity index (χ3n) is 6.55. The number of nitrogens with one attached hydrogen (secondary N) is 4. The third-order valence-corrected chi connectivity index (χ3v) is 7.63. The molecule has 0 saturated carbocycles. The fourth-order valence-electron chi connectivity index (χ4n) is 4.59. The summed E-state index contributed by atoms with van der Waals surface area (Å²) in [6, 6.07) is 8.01. The number of carbonyl (C=O) groups is 2. The number of amides is 2. The first-order valence-corrected chi connectivity index (χ1v) is 12.3. The first-order valence-electron chi connectivity index (χ1n) is 11.5. The zero-order valence-electron chi connectivity index (χ0n) is 19.2. The average Bonchev–Trinajstić information content (AvgIpc) is 3.50. The molecule has 1 aromatic carbocycles. The minimum Gasteiger partial charge on any atom is -0.351 e. The van der Waals surface area contributed by atoms with Crippen LogP contribution in [0.15, 0.2) is 24.3 Å². The molecule has 4 N–H and O–H groups in total. The lowest BCUT2D eigenvalue weighted by Crippen LogP contribution is -2.51. The second-order valence-electron chi connectivity index (χ2n) is 9.29. The maximum absolute atomic E-state index is 13.0. The van der Waals surface area contributed by atoms with E-state index in [9.17, 15) is 9.59 Å². The molecule has 2 aromatic heterocycles. The monoisotopic (exact) mass is 466 g/mol. The first kappa shape index (κ1) is 22.1. The van der Waals surface area contributed by atoms with Gasteiger partial charge in [0.15, 0.2) is 5.01 Å². The summed E-state index contributed by atoms with van der Waals surface area (Å²) in [4.78, 5) is 37.2. The summed E-state index contributed by atoms with van der Waals surface area (Å²) in [5, 5.41) is 11.0. The Morgan fingerprint density at radius 3 is 2.67 bits per heavy atom. The number of aromatic amines is 1. The van der Waals surface area contributed by atoms with Crippen molar-refractivity contribution in [2.75, 3.05) is 19.6 Å². The van der Waals surface area contributed by atoms with Gasteiger partial charge < -0.3 is 20.9 Å². The second-order valence-corrected chi connectivity index (χ2v) is 10.4. The number of aryl methyl sites for hydroxylation is 1. The van der Waals surface area contributed by atoms with Gasteiger partial charge >= 0.3 is 0 Å². The van der Waals surface area contributed by atoms with E-state index in [4.69, 9.17) is 0 Å². The Labute approximate surface area is 197 Å². The van der Waals surface area contributed by atoms with Crippen molar-refractivity contribution in [2.24, 2.45) is 0 Å². The molecule has 0 aliphatic carbocycles. The lowest BCUT2D eigenvalue weighted by atomic mass is 10.1. The smallest absolute Gasteiger partial charge is 0.280 e. The zero-order valence-corrected chi connectivity index (χ0v) is 20.0. The van der Waals surface area contributed by atoms with Gasteiger partial charge in [0.05, 0.1) is 17.8 Å². The highest BCUT2D eigenvalue weighted by molar-refractivity contribution is 7.13. The fourth-order valence-corrected chi connectivity index (χ4v) is 5.62. The summed E-state index contributed by atoms with van der Waals surface area (Å²) >= 11 is 1.49. The molecular formula is C24H30N6O2S. The van der Waals surface area contributed by atoms with Gasteiger partial charge in [0.2, 0.25) is 0 Å². The van der Waals surface area contributed by atoms with E-state index in [-0.39, 0.29) is 23.9 Å². The third kappa shape index (κ3) is 4.53. The molecule has 5 rings (SSSR count). The summed E-state index contributed by atoms with van der Waals surface area (Å²) in [5.41, 5.74) is 3.65. The topological polar surface area (TPSA) is 102 Å². The highest BCUT2D eigenvalue weighted by Crippen LogP contribution is 2.26. The molecule has 1 fully saturated rings. The van der Waals surface area contributed by atoms with E-state index in [1.165, 1.54) is 16.2 Å². The Balaban J connectivity index is 1.23. The van der Waals surface area contributed by atoms with E-state index < -0.39 is 0 Å².